The van der Waals surface area contributed by atoms with Crippen LogP contribution in [0.15, 0.2) is 76.7 Å². The summed E-state index contributed by atoms with van der Waals surface area (Å²) in [5.74, 6) is -1.13. The van der Waals surface area contributed by atoms with Crippen molar-refractivity contribution in [3.05, 3.63) is 83.9 Å². The second kappa shape index (κ2) is 9.87. The summed E-state index contributed by atoms with van der Waals surface area (Å²) in [6, 6.07) is 14.3. The van der Waals surface area contributed by atoms with Crippen molar-refractivity contribution in [3.63, 3.8) is 0 Å². The van der Waals surface area contributed by atoms with Crippen molar-refractivity contribution in [1.29, 1.82) is 0 Å². The van der Waals surface area contributed by atoms with Gasteiger partial charge in [-0.2, -0.15) is 5.10 Å². The summed E-state index contributed by atoms with van der Waals surface area (Å²) in [4.78, 5) is 12.4. The summed E-state index contributed by atoms with van der Waals surface area (Å²) in [7, 11) is -4.27. The predicted octanol–water partition coefficient (Wildman–Crippen LogP) is 3.08. The van der Waals surface area contributed by atoms with Crippen molar-refractivity contribution in [2.24, 2.45) is 5.10 Å². The maximum Gasteiger partial charge on any atom is 0.264 e. The highest BCUT2D eigenvalue weighted by atomic mass is 32.2. The molecule has 11 heteroatoms. The van der Waals surface area contributed by atoms with Crippen LogP contribution in [0.2, 0.25) is 0 Å². The molecular weight excluding hydrogens is 468 g/mol. The van der Waals surface area contributed by atoms with Crippen molar-refractivity contribution in [2.75, 3.05) is 24.1 Å². The van der Waals surface area contributed by atoms with Crippen LogP contribution in [0.4, 0.5) is 14.5 Å². The van der Waals surface area contributed by atoms with E-state index >= 15 is 0 Å². The van der Waals surface area contributed by atoms with Crippen LogP contribution in [-0.4, -0.2) is 40.3 Å². The molecule has 0 saturated carbocycles. The Morgan fingerprint density at radius 2 is 1.71 bits per heavy atom. The molecule has 1 amide bonds. The third-order valence-electron chi connectivity index (χ3n) is 4.76. The number of anilines is 1. The van der Waals surface area contributed by atoms with E-state index in [1.54, 1.807) is 6.07 Å². The largest absolute Gasteiger partial charge is 0.486 e. The second-order valence-corrected chi connectivity index (χ2v) is 9.00. The summed E-state index contributed by atoms with van der Waals surface area (Å²) in [5, 5.41) is 3.75. The van der Waals surface area contributed by atoms with Gasteiger partial charge in [-0.15, -0.1) is 0 Å². The highest BCUT2D eigenvalue weighted by Crippen LogP contribution is 2.34. The molecule has 3 aromatic carbocycles. The van der Waals surface area contributed by atoms with Crippen LogP contribution in [0.5, 0.6) is 11.5 Å². The average molecular weight is 487 g/mol. The molecule has 176 valence electrons. The molecule has 3 aromatic rings. The number of nitrogens with zero attached hydrogens (tertiary/aromatic N) is 2. The highest BCUT2D eigenvalue weighted by Gasteiger charge is 2.29. The number of hydrazone groups is 1. The maximum absolute atomic E-state index is 13.5. The van der Waals surface area contributed by atoms with E-state index in [9.17, 15) is 22.0 Å². The van der Waals surface area contributed by atoms with Gasteiger partial charge in [0.2, 0.25) is 0 Å². The first-order valence-corrected chi connectivity index (χ1v) is 11.5. The van der Waals surface area contributed by atoms with Crippen LogP contribution in [-0.2, 0) is 14.8 Å². The van der Waals surface area contributed by atoms with Crippen molar-refractivity contribution in [1.82, 2.24) is 5.43 Å². The van der Waals surface area contributed by atoms with Gasteiger partial charge in [-0.1, -0.05) is 12.1 Å². The van der Waals surface area contributed by atoms with Gasteiger partial charge in [0, 0.05) is 6.07 Å². The minimum atomic E-state index is -4.27. The minimum Gasteiger partial charge on any atom is -0.486 e. The average Bonchev–Trinajstić information content (AvgIpc) is 2.83. The molecular formula is C23H19F2N3O5S. The van der Waals surface area contributed by atoms with E-state index in [0.717, 1.165) is 16.4 Å². The number of hydrogen-bond donors (Lipinski definition) is 1. The number of hydrogen-bond acceptors (Lipinski definition) is 6. The van der Waals surface area contributed by atoms with E-state index in [0.29, 0.717) is 17.9 Å². The second-order valence-electron chi connectivity index (χ2n) is 7.14. The van der Waals surface area contributed by atoms with Gasteiger partial charge in [-0.3, -0.25) is 9.10 Å². The van der Waals surface area contributed by atoms with E-state index < -0.39 is 34.1 Å². The van der Waals surface area contributed by atoms with Gasteiger partial charge < -0.3 is 9.47 Å². The highest BCUT2D eigenvalue weighted by molar-refractivity contribution is 7.92. The van der Waals surface area contributed by atoms with Crippen LogP contribution < -0.4 is 19.2 Å². The lowest BCUT2D eigenvalue weighted by Crippen LogP contribution is -2.39. The van der Waals surface area contributed by atoms with Crippen molar-refractivity contribution >= 4 is 27.8 Å². The smallest absolute Gasteiger partial charge is 0.264 e. The molecule has 0 fully saturated rings. The molecule has 0 bridgehead atoms. The van der Waals surface area contributed by atoms with Crippen LogP contribution in [0, 0.1) is 11.6 Å². The van der Waals surface area contributed by atoms with E-state index in [1.165, 1.54) is 54.7 Å². The Balaban J connectivity index is 1.59. The first-order valence-electron chi connectivity index (χ1n) is 10.1. The number of fused-ring (bicyclic) bond motifs is 1. The van der Waals surface area contributed by atoms with Gasteiger partial charge in [-0.25, -0.2) is 22.6 Å². The Bertz CT molecular complexity index is 1330. The molecule has 0 saturated heterocycles. The number of rotatable bonds is 7. The summed E-state index contributed by atoms with van der Waals surface area (Å²) in [6.45, 7) is -0.0378. The van der Waals surface area contributed by atoms with Crippen LogP contribution >= 0.6 is 0 Å². The topological polar surface area (TPSA) is 97.3 Å². The predicted molar refractivity (Wildman–Crippen MR) is 121 cm³/mol. The first kappa shape index (κ1) is 23.2. The number of nitrogens with one attached hydrogen (secondary N) is 1. The van der Waals surface area contributed by atoms with E-state index in [4.69, 9.17) is 9.47 Å². The lowest BCUT2D eigenvalue weighted by Gasteiger charge is -2.25. The number of carbonyl (C=O) groups is 1. The number of carbonyl (C=O) groups excluding carboxylic acids is 1. The minimum absolute atomic E-state index is 0.0700. The van der Waals surface area contributed by atoms with Gasteiger partial charge >= 0.3 is 0 Å². The molecule has 1 aliphatic rings. The van der Waals surface area contributed by atoms with E-state index in [-0.39, 0.29) is 22.9 Å². The molecule has 4 rings (SSSR count). The summed E-state index contributed by atoms with van der Waals surface area (Å²) < 4.78 is 65.3. The van der Waals surface area contributed by atoms with Crippen molar-refractivity contribution < 1.29 is 31.5 Å². The quantitative estimate of drug-likeness (QED) is 0.408. The zero-order valence-electron chi connectivity index (χ0n) is 17.6. The zero-order valence-corrected chi connectivity index (χ0v) is 18.5. The SMILES string of the molecule is O=C(CN(c1ccc(F)cc1)S(=O)(=O)c1ccc2c(c1)OCCO2)N/N=C\c1cccc(F)c1. The fourth-order valence-electron chi connectivity index (χ4n) is 3.17. The molecule has 34 heavy (non-hydrogen) atoms. The van der Waals surface area contributed by atoms with Gasteiger partial charge in [0.25, 0.3) is 15.9 Å². The number of benzene rings is 3. The van der Waals surface area contributed by atoms with Crippen molar-refractivity contribution in [3.8, 4) is 11.5 Å². The lowest BCUT2D eigenvalue weighted by atomic mass is 10.2. The molecule has 1 aliphatic heterocycles. The number of amides is 1. The molecule has 0 unspecified atom stereocenters. The monoisotopic (exact) mass is 487 g/mol. The first-order chi connectivity index (χ1) is 16.3. The summed E-state index contributed by atoms with van der Waals surface area (Å²) in [5.41, 5.74) is 2.69. The molecule has 8 nitrogen and oxygen atoms in total. The van der Waals surface area contributed by atoms with Crippen molar-refractivity contribution in [2.45, 2.75) is 4.90 Å². The van der Waals surface area contributed by atoms with E-state index in [1.807, 2.05) is 0 Å². The maximum atomic E-state index is 13.5. The molecule has 1 heterocycles. The Labute approximate surface area is 194 Å². The molecule has 0 aromatic heterocycles. The van der Waals surface area contributed by atoms with Crippen LogP contribution in [0.3, 0.4) is 0 Å². The molecule has 0 radical (unpaired) electrons. The summed E-state index contributed by atoms with van der Waals surface area (Å²) in [6.07, 6.45) is 1.22. The van der Waals surface area contributed by atoms with Gasteiger partial charge in [0.1, 0.15) is 31.4 Å². The molecule has 1 N–H and O–H groups in total. The van der Waals surface area contributed by atoms with Gasteiger partial charge in [-0.05, 0) is 54.1 Å². The standard InChI is InChI=1S/C23H19F2N3O5S/c24-17-4-6-19(7-5-17)28(15-23(29)27-26-14-16-2-1-3-18(25)12-16)34(30,31)20-8-9-21-22(13-20)33-11-10-32-21/h1-9,12-14H,10-11,15H2,(H,27,29)/b26-14-. The van der Waals surface area contributed by atoms with Gasteiger partial charge in [0.05, 0.1) is 16.8 Å². The Kier molecular flexibility index (Phi) is 6.73. The number of halogens is 2. The Hall–Kier alpha value is -3.99. The third kappa shape index (κ3) is 5.31. The fourth-order valence-corrected chi connectivity index (χ4v) is 4.60. The molecule has 0 spiro atoms. The molecule has 0 aliphatic carbocycles. The Morgan fingerprint density at radius 1 is 0.971 bits per heavy atom. The summed E-state index contributed by atoms with van der Waals surface area (Å²) >= 11 is 0. The Morgan fingerprint density at radius 3 is 2.44 bits per heavy atom. The molecule has 0 atom stereocenters. The van der Waals surface area contributed by atoms with Gasteiger partial charge in [0.15, 0.2) is 11.5 Å². The fraction of sp³-hybridized carbons (Fsp3) is 0.130. The van der Waals surface area contributed by atoms with E-state index in [2.05, 4.69) is 10.5 Å². The van der Waals surface area contributed by atoms with Crippen LogP contribution in [0.25, 0.3) is 0 Å². The normalized spacial score (nSPS) is 13.0. The number of ether oxygens (including phenoxy) is 2. The van der Waals surface area contributed by atoms with Crippen LogP contribution in [0.1, 0.15) is 5.56 Å². The third-order valence-corrected chi connectivity index (χ3v) is 6.52. The number of sulfonamides is 1. The zero-order chi connectivity index (χ0) is 24.1. The lowest BCUT2D eigenvalue weighted by molar-refractivity contribution is -0.119.